The zero-order valence-electron chi connectivity index (χ0n) is 18.3. The van der Waals surface area contributed by atoms with Gasteiger partial charge >= 0.3 is 12.1 Å². The Bertz CT molecular complexity index is 1160. The molecule has 1 N–H and O–H groups in total. The van der Waals surface area contributed by atoms with Gasteiger partial charge in [0.05, 0.1) is 4.90 Å². The normalized spacial score (nSPS) is 16.4. The van der Waals surface area contributed by atoms with Gasteiger partial charge in [-0.15, -0.1) is 0 Å². The van der Waals surface area contributed by atoms with Crippen LogP contribution < -0.4 is 5.32 Å². The first kappa shape index (κ1) is 26.8. The second-order valence-electron chi connectivity index (χ2n) is 8.48. The lowest BCUT2D eigenvalue weighted by atomic mass is 9.80. The highest BCUT2D eigenvalue weighted by atomic mass is 35.5. The molecular formula is C22H23ClF4N2O3S2. The standard InChI is InChI=1S/C22H23ClF4N2O3S2/c1-21(2,28-20(30)22(25,26)27)14-9-11-29(12-10-14)34(31,32)19-8-7-15(23)13-18(19)33-17-6-4-3-5-16(17)24/h3-8,13-14H,9-12H2,1-2H3,(H,28,30). The summed E-state index contributed by atoms with van der Waals surface area (Å²) in [5.41, 5.74) is -1.17. The topological polar surface area (TPSA) is 66.5 Å². The molecule has 0 atom stereocenters. The van der Waals surface area contributed by atoms with Crippen molar-refractivity contribution >= 4 is 39.3 Å². The van der Waals surface area contributed by atoms with Crippen molar-refractivity contribution in [2.75, 3.05) is 13.1 Å². The van der Waals surface area contributed by atoms with Crippen LogP contribution in [-0.4, -0.2) is 43.4 Å². The number of carbonyl (C=O) groups is 1. The molecule has 0 bridgehead atoms. The second kappa shape index (κ2) is 10.0. The number of rotatable bonds is 6. The summed E-state index contributed by atoms with van der Waals surface area (Å²) in [7, 11) is -3.99. The second-order valence-corrected chi connectivity index (χ2v) is 11.9. The maximum atomic E-state index is 14.2. The molecule has 1 aliphatic rings. The van der Waals surface area contributed by atoms with Gasteiger partial charge in [-0.1, -0.05) is 35.5 Å². The average molecular weight is 539 g/mol. The van der Waals surface area contributed by atoms with Crippen LogP contribution in [0.2, 0.25) is 5.02 Å². The summed E-state index contributed by atoms with van der Waals surface area (Å²) in [4.78, 5) is 11.9. The van der Waals surface area contributed by atoms with Crippen molar-refractivity contribution in [3.63, 3.8) is 0 Å². The number of hydrogen-bond acceptors (Lipinski definition) is 4. The smallest absolute Gasteiger partial charge is 0.343 e. The van der Waals surface area contributed by atoms with Crippen molar-refractivity contribution in [3.05, 3.63) is 53.3 Å². The highest BCUT2D eigenvalue weighted by Gasteiger charge is 2.44. The molecule has 0 aromatic heterocycles. The SMILES string of the molecule is CC(C)(NC(=O)C(F)(F)F)C1CCN(S(=O)(=O)c2ccc(Cl)cc2Sc2ccccc2F)CC1. The number of alkyl halides is 3. The summed E-state index contributed by atoms with van der Waals surface area (Å²) < 4.78 is 80.2. The summed E-state index contributed by atoms with van der Waals surface area (Å²) in [6.45, 7) is 3.11. The van der Waals surface area contributed by atoms with Gasteiger partial charge in [-0.2, -0.15) is 17.5 Å². The van der Waals surface area contributed by atoms with Gasteiger partial charge < -0.3 is 5.32 Å². The molecule has 0 unspecified atom stereocenters. The lowest BCUT2D eigenvalue weighted by Crippen LogP contribution is -2.55. The van der Waals surface area contributed by atoms with E-state index in [4.69, 9.17) is 11.6 Å². The third-order valence-corrected chi connectivity index (χ3v) is 9.18. The van der Waals surface area contributed by atoms with E-state index in [1.807, 2.05) is 5.32 Å². The summed E-state index contributed by atoms with van der Waals surface area (Å²) in [5, 5.41) is 2.30. The Morgan fingerprint density at radius 1 is 1.09 bits per heavy atom. The molecule has 2 aromatic rings. The number of hydrogen-bond donors (Lipinski definition) is 1. The minimum absolute atomic E-state index is 0.0340. The van der Waals surface area contributed by atoms with Crippen molar-refractivity contribution in [1.82, 2.24) is 9.62 Å². The molecule has 2 aromatic carbocycles. The maximum Gasteiger partial charge on any atom is 0.471 e. The highest BCUT2D eigenvalue weighted by Crippen LogP contribution is 2.38. The third kappa shape index (κ3) is 6.05. The molecular weight excluding hydrogens is 516 g/mol. The van der Waals surface area contributed by atoms with Crippen LogP contribution in [0.15, 0.2) is 57.2 Å². The van der Waals surface area contributed by atoms with Crippen molar-refractivity contribution < 1.29 is 30.8 Å². The molecule has 0 spiro atoms. The number of piperidine rings is 1. The van der Waals surface area contributed by atoms with Gasteiger partial charge in [0.1, 0.15) is 5.82 Å². The summed E-state index contributed by atoms with van der Waals surface area (Å²) in [6, 6.07) is 10.2. The van der Waals surface area contributed by atoms with Crippen LogP contribution in [0.4, 0.5) is 17.6 Å². The molecule has 1 saturated heterocycles. The predicted octanol–water partition coefficient (Wildman–Crippen LogP) is 5.49. The van der Waals surface area contributed by atoms with Crippen molar-refractivity contribution in [2.45, 2.75) is 53.1 Å². The molecule has 1 amide bonds. The van der Waals surface area contributed by atoms with Gasteiger partial charge in [-0.05, 0) is 62.9 Å². The Balaban J connectivity index is 1.78. The molecule has 1 aliphatic heterocycles. The molecule has 0 saturated carbocycles. The molecule has 186 valence electrons. The maximum absolute atomic E-state index is 14.2. The molecule has 1 fully saturated rings. The molecule has 0 radical (unpaired) electrons. The van der Waals surface area contributed by atoms with Crippen LogP contribution in [-0.2, 0) is 14.8 Å². The van der Waals surface area contributed by atoms with Crippen LogP contribution in [0, 0.1) is 11.7 Å². The predicted molar refractivity (Wildman–Crippen MR) is 122 cm³/mol. The van der Waals surface area contributed by atoms with Crippen molar-refractivity contribution in [1.29, 1.82) is 0 Å². The minimum atomic E-state index is -5.00. The number of nitrogens with one attached hydrogen (secondary N) is 1. The summed E-state index contributed by atoms with van der Waals surface area (Å²) in [5.74, 6) is -2.88. The molecule has 0 aliphatic carbocycles. The fourth-order valence-corrected chi connectivity index (χ4v) is 6.95. The van der Waals surface area contributed by atoms with Gasteiger partial charge in [-0.25, -0.2) is 12.8 Å². The zero-order chi connectivity index (χ0) is 25.3. The minimum Gasteiger partial charge on any atom is -0.343 e. The Labute approximate surface area is 204 Å². The third-order valence-electron chi connectivity index (χ3n) is 5.75. The number of halogens is 5. The van der Waals surface area contributed by atoms with E-state index in [0.717, 1.165) is 11.8 Å². The van der Waals surface area contributed by atoms with Crippen LogP contribution in [0.5, 0.6) is 0 Å². The van der Waals surface area contributed by atoms with Crippen LogP contribution >= 0.6 is 23.4 Å². The quantitative estimate of drug-likeness (QED) is 0.494. The number of nitrogens with zero attached hydrogens (tertiary/aromatic N) is 1. The Morgan fingerprint density at radius 2 is 1.71 bits per heavy atom. The lowest BCUT2D eigenvalue weighted by Gasteiger charge is -2.40. The van der Waals surface area contributed by atoms with E-state index in [1.54, 1.807) is 6.07 Å². The van der Waals surface area contributed by atoms with E-state index < -0.39 is 33.5 Å². The summed E-state index contributed by atoms with van der Waals surface area (Å²) in [6.07, 6.45) is -4.48. The molecule has 3 rings (SSSR count). The molecule has 12 heteroatoms. The lowest BCUT2D eigenvalue weighted by molar-refractivity contribution is -0.176. The van der Waals surface area contributed by atoms with E-state index in [0.29, 0.717) is 5.02 Å². The fraction of sp³-hybridized carbons (Fsp3) is 0.409. The number of amides is 1. The van der Waals surface area contributed by atoms with Gasteiger partial charge in [0.15, 0.2) is 0 Å². The van der Waals surface area contributed by atoms with Gasteiger partial charge in [0.2, 0.25) is 10.0 Å². The van der Waals surface area contributed by atoms with E-state index in [2.05, 4.69) is 0 Å². The van der Waals surface area contributed by atoms with Crippen LogP contribution in [0.25, 0.3) is 0 Å². The number of carbonyl (C=O) groups excluding carboxylic acids is 1. The van der Waals surface area contributed by atoms with Crippen molar-refractivity contribution in [3.8, 4) is 0 Å². The van der Waals surface area contributed by atoms with Gasteiger partial charge in [0, 0.05) is 33.4 Å². The van der Waals surface area contributed by atoms with E-state index in [9.17, 15) is 30.8 Å². The highest BCUT2D eigenvalue weighted by molar-refractivity contribution is 8.00. The number of sulfonamides is 1. The molecule has 1 heterocycles. The van der Waals surface area contributed by atoms with Gasteiger partial charge in [-0.3, -0.25) is 4.79 Å². The fourth-order valence-electron chi connectivity index (χ4n) is 3.84. The average Bonchev–Trinajstić information content (AvgIpc) is 2.74. The zero-order valence-corrected chi connectivity index (χ0v) is 20.7. The van der Waals surface area contributed by atoms with E-state index >= 15 is 0 Å². The van der Waals surface area contributed by atoms with Crippen molar-refractivity contribution in [2.24, 2.45) is 5.92 Å². The van der Waals surface area contributed by atoms with Crippen LogP contribution in [0.1, 0.15) is 26.7 Å². The van der Waals surface area contributed by atoms with E-state index in [1.165, 1.54) is 54.6 Å². The van der Waals surface area contributed by atoms with E-state index in [-0.39, 0.29) is 46.5 Å². The first-order valence-corrected chi connectivity index (χ1v) is 13.0. The monoisotopic (exact) mass is 538 g/mol. The Morgan fingerprint density at radius 3 is 2.29 bits per heavy atom. The molecule has 34 heavy (non-hydrogen) atoms. The summed E-state index contributed by atoms with van der Waals surface area (Å²) >= 11 is 7.01. The van der Waals surface area contributed by atoms with Gasteiger partial charge in [0.25, 0.3) is 0 Å². The first-order valence-electron chi connectivity index (χ1n) is 10.3. The first-order chi connectivity index (χ1) is 15.7. The van der Waals surface area contributed by atoms with Crippen LogP contribution in [0.3, 0.4) is 0 Å². The Kier molecular flexibility index (Phi) is 7.91. The number of benzene rings is 2. The molecule has 5 nitrogen and oxygen atoms in total. The Hall–Kier alpha value is -1.82. The largest absolute Gasteiger partial charge is 0.471 e.